The van der Waals surface area contributed by atoms with Crippen molar-refractivity contribution in [2.45, 2.75) is 0 Å². The molecule has 2 aromatic heterocycles. The molecule has 3 rings (SSSR count). The van der Waals surface area contributed by atoms with Gasteiger partial charge in [-0.25, -0.2) is 0 Å². The molecule has 5 nitrogen and oxygen atoms in total. The minimum atomic E-state index is -0.195. The molecule has 21 heavy (non-hydrogen) atoms. The molecule has 0 fully saturated rings. The van der Waals surface area contributed by atoms with Crippen LogP contribution in [0.3, 0.4) is 0 Å². The van der Waals surface area contributed by atoms with Crippen molar-refractivity contribution in [1.29, 1.82) is 0 Å². The summed E-state index contributed by atoms with van der Waals surface area (Å²) in [5.74, 6) is -0.195. The Morgan fingerprint density at radius 3 is 2.76 bits per heavy atom. The number of benzene rings is 1. The summed E-state index contributed by atoms with van der Waals surface area (Å²) in [7, 11) is 1.76. The number of fused-ring (bicyclic) bond motifs is 1. The molecular formula is C16H14N4O. The first-order valence-electron chi connectivity index (χ1n) is 6.56. The maximum Gasteiger partial charge on any atom is 0.257 e. The summed E-state index contributed by atoms with van der Waals surface area (Å²) in [5, 5.41) is 6.85. The lowest BCUT2D eigenvalue weighted by molar-refractivity contribution is 0.102. The first kappa shape index (κ1) is 13.1. The third kappa shape index (κ3) is 2.53. The molecule has 0 atom stereocenters. The van der Waals surface area contributed by atoms with Crippen LogP contribution in [0.15, 0.2) is 55.0 Å². The molecule has 0 spiro atoms. The maximum absolute atomic E-state index is 12.4. The summed E-state index contributed by atoms with van der Waals surface area (Å²) in [6.45, 7) is 0. The zero-order valence-electron chi connectivity index (χ0n) is 11.5. The van der Waals surface area contributed by atoms with Crippen molar-refractivity contribution in [3.63, 3.8) is 0 Å². The normalized spacial score (nSPS) is 10.3. The van der Waals surface area contributed by atoms with E-state index in [0.29, 0.717) is 16.9 Å². The summed E-state index contributed by atoms with van der Waals surface area (Å²) >= 11 is 0. The Morgan fingerprint density at radius 2 is 1.90 bits per heavy atom. The molecule has 0 aliphatic rings. The van der Waals surface area contributed by atoms with Gasteiger partial charge in [0.15, 0.2) is 0 Å². The van der Waals surface area contributed by atoms with E-state index in [-0.39, 0.29) is 5.91 Å². The van der Waals surface area contributed by atoms with Crippen molar-refractivity contribution in [3.05, 3.63) is 60.6 Å². The number of carbonyl (C=O) groups is 1. The summed E-state index contributed by atoms with van der Waals surface area (Å²) in [4.78, 5) is 20.8. The van der Waals surface area contributed by atoms with E-state index in [4.69, 9.17) is 0 Å². The largest absolute Gasteiger partial charge is 0.386 e. The Kier molecular flexibility index (Phi) is 3.47. The molecular weight excluding hydrogens is 264 g/mol. The van der Waals surface area contributed by atoms with Gasteiger partial charge >= 0.3 is 0 Å². The second kappa shape index (κ2) is 5.58. The molecule has 1 aromatic carbocycles. The lowest BCUT2D eigenvalue weighted by Crippen LogP contribution is -2.14. The summed E-state index contributed by atoms with van der Waals surface area (Å²) < 4.78 is 0. The van der Waals surface area contributed by atoms with Gasteiger partial charge in [0.05, 0.1) is 28.7 Å². The van der Waals surface area contributed by atoms with E-state index in [1.54, 1.807) is 31.7 Å². The lowest BCUT2D eigenvalue weighted by atomic mass is 10.1. The monoisotopic (exact) mass is 278 g/mol. The van der Waals surface area contributed by atoms with E-state index in [0.717, 1.165) is 10.9 Å². The molecule has 0 bridgehead atoms. The number of rotatable bonds is 3. The van der Waals surface area contributed by atoms with E-state index >= 15 is 0 Å². The number of hydrogen-bond donors (Lipinski definition) is 2. The molecule has 3 aromatic rings. The number of aromatic nitrogens is 2. The van der Waals surface area contributed by atoms with Crippen LogP contribution in [0.1, 0.15) is 10.4 Å². The van der Waals surface area contributed by atoms with Gasteiger partial charge < -0.3 is 10.6 Å². The minimum Gasteiger partial charge on any atom is -0.386 e. The number of amides is 1. The van der Waals surface area contributed by atoms with E-state index in [9.17, 15) is 4.79 Å². The van der Waals surface area contributed by atoms with Gasteiger partial charge in [-0.3, -0.25) is 14.8 Å². The average Bonchev–Trinajstić information content (AvgIpc) is 2.55. The van der Waals surface area contributed by atoms with E-state index in [1.807, 2.05) is 30.3 Å². The van der Waals surface area contributed by atoms with Gasteiger partial charge in [0.2, 0.25) is 0 Å². The molecule has 2 N–H and O–H groups in total. The molecule has 0 aliphatic carbocycles. The smallest absolute Gasteiger partial charge is 0.257 e. The number of pyridine rings is 2. The summed E-state index contributed by atoms with van der Waals surface area (Å²) in [5.41, 5.74) is 2.69. The van der Waals surface area contributed by atoms with Crippen LogP contribution in [0.5, 0.6) is 0 Å². The van der Waals surface area contributed by atoms with Crippen LogP contribution in [0.25, 0.3) is 10.9 Å². The van der Waals surface area contributed by atoms with Crippen LogP contribution in [0.4, 0.5) is 11.4 Å². The number of nitrogens with zero attached hydrogens (tertiary/aromatic N) is 2. The molecule has 0 saturated carbocycles. The van der Waals surface area contributed by atoms with E-state index in [2.05, 4.69) is 20.6 Å². The van der Waals surface area contributed by atoms with Gasteiger partial charge in [0.25, 0.3) is 5.91 Å². The first-order valence-corrected chi connectivity index (χ1v) is 6.56. The fourth-order valence-corrected chi connectivity index (χ4v) is 2.19. The Bertz CT molecular complexity index is 796. The van der Waals surface area contributed by atoms with Crippen LogP contribution in [0, 0.1) is 0 Å². The zero-order chi connectivity index (χ0) is 14.7. The van der Waals surface area contributed by atoms with Crippen molar-refractivity contribution in [1.82, 2.24) is 9.97 Å². The molecule has 0 saturated heterocycles. The molecule has 0 unspecified atom stereocenters. The predicted molar refractivity (Wildman–Crippen MR) is 83.5 cm³/mol. The predicted octanol–water partition coefficient (Wildman–Crippen LogP) is 2.92. The summed E-state index contributed by atoms with van der Waals surface area (Å²) in [6, 6.07) is 11.2. The lowest BCUT2D eigenvalue weighted by Gasteiger charge is -2.10. The molecule has 2 heterocycles. The highest BCUT2D eigenvalue weighted by molar-refractivity contribution is 6.10. The van der Waals surface area contributed by atoms with Gasteiger partial charge in [-0.15, -0.1) is 0 Å². The Morgan fingerprint density at radius 1 is 1.05 bits per heavy atom. The minimum absolute atomic E-state index is 0.195. The zero-order valence-corrected chi connectivity index (χ0v) is 11.5. The Labute approximate surface area is 122 Å². The Balaban J connectivity index is 1.97. The van der Waals surface area contributed by atoms with E-state index < -0.39 is 0 Å². The van der Waals surface area contributed by atoms with E-state index in [1.165, 1.54) is 0 Å². The number of nitrogens with one attached hydrogen (secondary N) is 2. The fourth-order valence-electron chi connectivity index (χ4n) is 2.19. The van der Waals surface area contributed by atoms with Gasteiger partial charge in [0.1, 0.15) is 0 Å². The van der Waals surface area contributed by atoms with Gasteiger partial charge in [0, 0.05) is 24.8 Å². The van der Waals surface area contributed by atoms with Crippen LogP contribution < -0.4 is 10.6 Å². The topological polar surface area (TPSA) is 66.9 Å². The highest BCUT2D eigenvalue weighted by atomic mass is 16.1. The number of hydrogen-bond acceptors (Lipinski definition) is 4. The third-order valence-corrected chi connectivity index (χ3v) is 3.22. The molecule has 0 aliphatic heterocycles. The van der Waals surface area contributed by atoms with Gasteiger partial charge in [-0.1, -0.05) is 18.2 Å². The third-order valence-electron chi connectivity index (χ3n) is 3.22. The second-order valence-electron chi connectivity index (χ2n) is 4.51. The summed E-state index contributed by atoms with van der Waals surface area (Å²) in [6.07, 6.45) is 4.93. The van der Waals surface area contributed by atoms with Crippen molar-refractivity contribution in [2.24, 2.45) is 0 Å². The quantitative estimate of drug-likeness (QED) is 0.773. The highest BCUT2D eigenvalue weighted by Crippen LogP contribution is 2.22. The highest BCUT2D eigenvalue weighted by Gasteiger charge is 2.12. The number of anilines is 2. The van der Waals surface area contributed by atoms with Gasteiger partial charge in [-0.05, 0) is 18.2 Å². The first-order chi connectivity index (χ1) is 10.3. The van der Waals surface area contributed by atoms with Crippen molar-refractivity contribution >= 4 is 28.2 Å². The van der Waals surface area contributed by atoms with Crippen molar-refractivity contribution in [3.8, 4) is 0 Å². The van der Waals surface area contributed by atoms with Crippen LogP contribution in [0.2, 0.25) is 0 Å². The fraction of sp³-hybridized carbons (Fsp3) is 0.0625. The van der Waals surface area contributed by atoms with Crippen LogP contribution in [-0.2, 0) is 0 Å². The Hall–Kier alpha value is -2.95. The second-order valence-corrected chi connectivity index (χ2v) is 4.51. The molecule has 0 radical (unpaired) electrons. The SMILES string of the molecule is CNc1cnccc1C(=O)Nc1cccc2cccnc12. The van der Waals surface area contributed by atoms with Crippen molar-refractivity contribution in [2.75, 3.05) is 17.7 Å². The van der Waals surface area contributed by atoms with Crippen LogP contribution in [-0.4, -0.2) is 22.9 Å². The van der Waals surface area contributed by atoms with Crippen molar-refractivity contribution < 1.29 is 4.79 Å². The average molecular weight is 278 g/mol. The number of carbonyl (C=O) groups excluding carboxylic acids is 1. The van der Waals surface area contributed by atoms with Gasteiger partial charge in [-0.2, -0.15) is 0 Å². The maximum atomic E-state index is 12.4. The number of para-hydroxylation sites is 1. The molecule has 5 heteroatoms. The molecule has 104 valence electrons. The van der Waals surface area contributed by atoms with Crippen LogP contribution >= 0.6 is 0 Å². The standard InChI is InChI=1S/C16H14N4O/c1-17-14-10-18-9-7-12(14)16(21)20-13-6-2-4-11-5-3-8-19-15(11)13/h2-10,17H,1H3,(H,20,21). The molecule has 1 amide bonds.